The number of nitrogens with zero attached hydrogens (tertiary/aromatic N) is 1. The summed E-state index contributed by atoms with van der Waals surface area (Å²) in [6.45, 7) is 6.34. The highest BCUT2D eigenvalue weighted by molar-refractivity contribution is 7.92. The lowest BCUT2D eigenvalue weighted by Crippen LogP contribution is -2.51. The Bertz CT molecular complexity index is 1020. The standard InChI is InChI=1S/C21H26N2O5S/c1-14-5-7-16(3)18(11-14)27-10-9-22-21(24)20-13-23(29(4,25)26)17-8-6-15(2)12-19(17)28-20/h5-8,11-12,20H,9-10,13H2,1-4H3,(H,22,24). The van der Waals surface area contributed by atoms with E-state index < -0.39 is 16.1 Å². The maximum atomic E-state index is 12.6. The SMILES string of the molecule is Cc1ccc(C)c(OCCNC(=O)C2CN(S(C)(=O)=O)c3ccc(C)cc3O2)c1. The minimum absolute atomic E-state index is 0.0709. The summed E-state index contributed by atoms with van der Waals surface area (Å²) in [5.74, 6) is 0.782. The van der Waals surface area contributed by atoms with Gasteiger partial charge in [0.2, 0.25) is 10.0 Å². The van der Waals surface area contributed by atoms with Gasteiger partial charge in [0.25, 0.3) is 5.91 Å². The van der Waals surface area contributed by atoms with E-state index >= 15 is 0 Å². The molecule has 0 fully saturated rings. The predicted octanol–water partition coefficient (Wildman–Crippen LogP) is 2.33. The molecular weight excluding hydrogens is 392 g/mol. The average molecular weight is 419 g/mol. The third-order valence-electron chi connectivity index (χ3n) is 4.68. The Morgan fingerprint density at radius 3 is 2.59 bits per heavy atom. The van der Waals surface area contributed by atoms with Gasteiger partial charge in [0.1, 0.15) is 18.1 Å². The fourth-order valence-corrected chi connectivity index (χ4v) is 4.04. The number of carbonyl (C=O) groups excluding carboxylic acids is 1. The van der Waals surface area contributed by atoms with Crippen molar-refractivity contribution in [3.63, 3.8) is 0 Å². The molecule has 1 aliphatic heterocycles. The number of carbonyl (C=O) groups is 1. The molecular formula is C21H26N2O5S. The quantitative estimate of drug-likeness (QED) is 0.728. The Labute approximate surface area is 171 Å². The maximum absolute atomic E-state index is 12.6. The minimum Gasteiger partial charge on any atom is -0.491 e. The van der Waals surface area contributed by atoms with Gasteiger partial charge in [0.15, 0.2) is 6.10 Å². The first-order chi connectivity index (χ1) is 13.6. The van der Waals surface area contributed by atoms with Crippen molar-refractivity contribution in [2.75, 3.05) is 30.3 Å². The fourth-order valence-electron chi connectivity index (χ4n) is 3.12. The monoisotopic (exact) mass is 418 g/mol. The van der Waals surface area contributed by atoms with Gasteiger partial charge in [0, 0.05) is 0 Å². The Hall–Kier alpha value is -2.74. The zero-order chi connectivity index (χ0) is 21.2. The van der Waals surface area contributed by atoms with E-state index in [1.807, 2.05) is 45.0 Å². The summed E-state index contributed by atoms with van der Waals surface area (Å²) in [6.07, 6.45) is 0.189. The molecule has 156 valence electrons. The lowest BCUT2D eigenvalue weighted by Gasteiger charge is -2.34. The van der Waals surface area contributed by atoms with Crippen LogP contribution >= 0.6 is 0 Å². The van der Waals surface area contributed by atoms with Crippen LogP contribution in [0.15, 0.2) is 36.4 Å². The summed E-state index contributed by atoms with van der Waals surface area (Å²) in [5.41, 5.74) is 3.48. The van der Waals surface area contributed by atoms with E-state index in [9.17, 15) is 13.2 Å². The second-order valence-corrected chi connectivity index (χ2v) is 9.19. The summed E-state index contributed by atoms with van der Waals surface area (Å²) >= 11 is 0. The number of fused-ring (bicyclic) bond motifs is 1. The average Bonchev–Trinajstić information content (AvgIpc) is 2.65. The van der Waals surface area contributed by atoms with Gasteiger partial charge in [0.05, 0.1) is 25.0 Å². The summed E-state index contributed by atoms with van der Waals surface area (Å²) in [5, 5.41) is 2.76. The molecule has 1 atom stereocenters. The minimum atomic E-state index is -3.54. The van der Waals surface area contributed by atoms with Crippen molar-refractivity contribution in [2.24, 2.45) is 0 Å². The van der Waals surface area contributed by atoms with Gasteiger partial charge in [-0.3, -0.25) is 9.10 Å². The highest BCUT2D eigenvalue weighted by Crippen LogP contribution is 2.35. The Morgan fingerprint density at radius 2 is 1.86 bits per heavy atom. The zero-order valence-electron chi connectivity index (χ0n) is 17.1. The molecule has 7 nitrogen and oxygen atoms in total. The predicted molar refractivity (Wildman–Crippen MR) is 112 cm³/mol. The van der Waals surface area contributed by atoms with E-state index in [-0.39, 0.29) is 19.0 Å². The van der Waals surface area contributed by atoms with Crippen molar-refractivity contribution in [2.45, 2.75) is 26.9 Å². The first kappa shape index (κ1) is 21.0. The molecule has 0 saturated carbocycles. The van der Waals surface area contributed by atoms with Crippen LogP contribution in [0.1, 0.15) is 16.7 Å². The molecule has 3 rings (SSSR count). The number of aryl methyl sites for hydroxylation is 3. The molecule has 0 aliphatic carbocycles. The zero-order valence-corrected chi connectivity index (χ0v) is 17.9. The topological polar surface area (TPSA) is 84.9 Å². The Balaban J connectivity index is 1.63. The Morgan fingerprint density at radius 1 is 1.17 bits per heavy atom. The summed E-state index contributed by atoms with van der Waals surface area (Å²) in [6, 6.07) is 11.2. The normalized spacial score (nSPS) is 16.0. The van der Waals surface area contributed by atoms with Crippen molar-refractivity contribution in [1.29, 1.82) is 0 Å². The van der Waals surface area contributed by atoms with Gasteiger partial charge in [-0.05, 0) is 55.7 Å². The molecule has 0 aromatic heterocycles. The number of ether oxygens (including phenoxy) is 2. The highest BCUT2D eigenvalue weighted by Gasteiger charge is 2.34. The molecule has 0 bridgehead atoms. The van der Waals surface area contributed by atoms with E-state index in [0.717, 1.165) is 28.7 Å². The molecule has 2 aromatic carbocycles. The number of hydrogen-bond donors (Lipinski definition) is 1. The summed E-state index contributed by atoms with van der Waals surface area (Å²) < 4.78 is 37.1. The van der Waals surface area contributed by atoms with E-state index in [4.69, 9.17) is 9.47 Å². The lowest BCUT2D eigenvalue weighted by atomic mass is 10.1. The first-order valence-corrected chi connectivity index (χ1v) is 11.2. The number of amides is 1. The van der Waals surface area contributed by atoms with Crippen LogP contribution in [-0.2, 0) is 14.8 Å². The van der Waals surface area contributed by atoms with Gasteiger partial charge >= 0.3 is 0 Å². The van der Waals surface area contributed by atoms with E-state index in [1.54, 1.807) is 12.1 Å². The molecule has 1 unspecified atom stereocenters. The van der Waals surface area contributed by atoms with Crippen LogP contribution in [-0.4, -0.2) is 46.4 Å². The first-order valence-electron chi connectivity index (χ1n) is 9.38. The number of benzene rings is 2. The van der Waals surface area contributed by atoms with Gasteiger partial charge in [-0.15, -0.1) is 0 Å². The number of hydrogen-bond acceptors (Lipinski definition) is 5. The third kappa shape index (κ3) is 5.00. The van der Waals surface area contributed by atoms with Crippen LogP contribution in [0, 0.1) is 20.8 Å². The van der Waals surface area contributed by atoms with Gasteiger partial charge in [-0.2, -0.15) is 0 Å². The smallest absolute Gasteiger partial charge is 0.263 e. The second kappa shape index (κ2) is 8.32. The van der Waals surface area contributed by atoms with Crippen molar-refractivity contribution < 1.29 is 22.7 Å². The van der Waals surface area contributed by atoms with Crippen molar-refractivity contribution in [1.82, 2.24) is 5.32 Å². The maximum Gasteiger partial charge on any atom is 0.263 e. The van der Waals surface area contributed by atoms with Crippen molar-refractivity contribution in [3.05, 3.63) is 53.1 Å². The van der Waals surface area contributed by atoms with Gasteiger partial charge < -0.3 is 14.8 Å². The van der Waals surface area contributed by atoms with Crippen LogP contribution in [0.5, 0.6) is 11.5 Å². The van der Waals surface area contributed by atoms with Crippen LogP contribution in [0.25, 0.3) is 0 Å². The molecule has 0 saturated heterocycles. The molecule has 8 heteroatoms. The largest absolute Gasteiger partial charge is 0.491 e. The van der Waals surface area contributed by atoms with E-state index in [2.05, 4.69) is 5.32 Å². The Kier molecular flexibility index (Phi) is 6.02. The van der Waals surface area contributed by atoms with E-state index in [0.29, 0.717) is 18.0 Å². The molecule has 1 aliphatic rings. The second-order valence-electron chi connectivity index (χ2n) is 7.28. The number of rotatable bonds is 6. The van der Waals surface area contributed by atoms with Crippen LogP contribution in [0.4, 0.5) is 5.69 Å². The van der Waals surface area contributed by atoms with Gasteiger partial charge in [-0.1, -0.05) is 18.2 Å². The number of nitrogens with one attached hydrogen (secondary N) is 1. The number of sulfonamides is 1. The molecule has 0 spiro atoms. The number of anilines is 1. The van der Waals surface area contributed by atoms with Crippen molar-refractivity contribution in [3.8, 4) is 11.5 Å². The van der Waals surface area contributed by atoms with Crippen LogP contribution in [0.2, 0.25) is 0 Å². The van der Waals surface area contributed by atoms with Crippen LogP contribution < -0.4 is 19.1 Å². The molecule has 0 radical (unpaired) electrons. The molecule has 1 amide bonds. The summed E-state index contributed by atoms with van der Waals surface area (Å²) in [7, 11) is -3.54. The molecule has 1 heterocycles. The van der Waals surface area contributed by atoms with E-state index in [1.165, 1.54) is 4.31 Å². The summed E-state index contributed by atoms with van der Waals surface area (Å²) in [4.78, 5) is 12.6. The fraction of sp³-hybridized carbons (Fsp3) is 0.381. The van der Waals surface area contributed by atoms with Gasteiger partial charge in [-0.25, -0.2) is 8.42 Å². The van der Waals surface area contributed by atoms with Crippen LogP contribution in [0.3, 0.4) is 0 Å². The molecule has 29 heavy (non-hydrogen) atoms. The molecule has 1 N–H and O–H groups in total. The third-order valence-corrected chi connectivity index (χ3v) is 5.83. The van der Waals surface area contributed by atoms with Crippen molar-refractivity contribution >= 4 is 21.6 Å². The lowest BCUT2D eigenvalue weighted by molar-refractivity contribution is -0.127. The highest BCUT2D eigenvalue weighted by atomic mass is 32.2. The molecule has 2 aromatic rings.